The van der Waals surface area contributed by atoms with Crippen molar-refractivity contribution in [2.75, 3.05) is 6.61 Å². The van der Waals surface area contributed by atoms with Crippen LogP contribution >= 0.6 is 11.6 Å². The molecule has 0 saturated heterocycles. The standard InChI is InChI=1S/C13H17ClFNO4S/c1-13(2,3)4-5-20-12(17)8-6-11(21(16,18)19)10(15)7-9(8)14/h6-7H,4-5H2,1-3H3,(H2,16,18,19). The minimum absolute atomic E-state index is 0.0291. The first-order valence-electron chi connectivity index (χ1n) is 6.11. The van der Waals surface area contributed by atoms with Gasteiger partial charge in [-0.1, -0.05) is 32.4 Å². The predicted octanol–water partition coefficient (Wildman–Crippen LogP) is 2.72. The average molecular weight is 338 g/mol. The smallest absolute Gasteiger partial charge is 0.339 e. The zero-order valence-corrected chi connectivity index (χ0v) is 13.5. The van der Waals surface area contributed by atoms with E-state index in [1.165, 1.54) is 0 Å². The summed E-state index contributed by atoms with van der Waals surface area (Å²) in [5.41, 5.74) is -0.269. The maximum atomic E-state index is 13.5. The number of hydrogen-bond acceptors (Lipinski definition) is 4. The van der Waals surface area contributed by atoms with Crippen molar-refractivity contribution < 1.29 is 22.3 Å². The minimum Gasteiger partial charge on any atom is -0.462 e. The van der Waals surface area contributed by atoms with E-state index in [-0.39, 0.29) is 22.6 Å². The van der Waals surface area contributed by atoms with E-state index in [0.717, 1.165) is 12.1 Å². The third-order valence-corrected chi connectivity index (χ3v) is 3.87. The Bertz CT molecular complexity index is 653. The van der Waals surface area contributed by atoms with Crippen molar-refractivity contribution in [1.82, 2.24) is 0 Å². The number of rotatable bonds is 4. The highest BCUT2D eigenvalue weighted by molar-refractivity contribution is 7.89. The highest BCUT2D eigenvalue weighted by Gasteiger charge is 2.22. The quantitative estimate of drug-likeness (QED) is 0.856. The summed E-state index contributed by atoms with van der Waals surface area (Å²) in [6.07, 6.45) is 0.611. The van der Waals surface area contributed by atoms with Gasteiger partial charge in [0.1, 0.15) is 10.7 Å². The number of primary sulfonamides is 1. The molecule has 0 aliphatic rings. The van der Waals surface area contributed by atoms with Crippen molar-refractivity contribution in [2.24, 2.45) is 10.6 Å². The lowest BCUT2D eigenvalue weighted by Crippen LogP contribution is -2.17. The van der Waals surface area contributed by atoms with Gasteiger partial charge in [0.25, 0.3) is 0 Å². The van der Waals surface area contributed by atoms with E-state index < -0.39 is 26.7 Å². The van der Waals surface area contributed by atoms with Gasteiger partial charge in [-0.05, 0) is 24.0 Å². The molecule has 0 radical (unpaired) electrons. The zero-order chi connectivity index (χ0) is 16.4. The molecular weight excluding hydrogens is 321 g/mol. The number of hydrogen-bond donors (Lipinski definition) is 1. The molecule has 0 aromatic heterocycles. The summed E-state index contributed by atoms with van der Waals surface area (Å²) in [6, 6.07) is 1.51. The SMILES string of the molecule is CC(C)(C)CCOC(=O)c1cc(S(N)(=O)=O)c(F)cc1Cl. The molecule has 0 saturated carbocycles. The normalized spacial score (nSPS) is 12.3. The van der Waals surface area contributed by atoms with Gasteiger partial charge in [-0.15, -0.1) is 0 Å². The summed E-state index contributed by atoms with van der Waals surface area (Å²) < 4.78 is 41.0. The molecule has 0 aliphatic heterocycles. The number of sulfonamides is 1. The first-order chi connectivity index (χ1) is 9.42. The minimum atomic E-state index is -4.29. The Hall–Kier alpha value is -1.18. The number of nitrogens with two attached hydrogens (primary N) is 1. The second-order valence-corrected chi connectivity index (χ2v) is 7.69. The van der Waals surface area contributed by atoms with Crippen molar-refractivity contribution in [2.45, 2.75) is 32.1 Å². The van der Waals surface area contributed by atoms with Gasteiger partial charge in [-0.25, -0.2) is 22.7 Å². The first kappa shape index (κ1) is 17.9. The summed E-state index contributed by atoms with van der Waals surface area (Å²) in [5, 5.41) is 4.64. The van der Waals surface area contributed by atoms with Crippen LogP contribution in [0.4, 0.5) is 4.39 Å². The molecule has 1 aromatic rings. The summed E-state index contributed by atoms with van der Waals surface area (Å²) >= 11 is 5.74. The Kier molecular flexibility index (Phi) is 5.35. The maximum absolute atomic E-state index is 13.5. The van der Waals surface area contributed by atoms with Crippen LogP contribution in [0.25, 0.3) is 0 Å². The van der Waals surface area contributed by atoms with Crippen LogP contribution < -0.4 is 5.14 Å². The Morgan fingerprint density at radius 1 is 1.38 bits per heavy atom. The lowest BCUT2D eigenvalue weighted by atomic mass is 9.93. The predicted molar refractivity (Wildman–Crippen MR) is 77.1 cm³/mol. The Balaban J connectivity index is 3.00. The molecule has 1 aromatic carbocycles. The number of ether oxygens (including phenoxy) is 1. The first-order valence-corrected chi connectivity index (χ1v) is 8.03. The second-order valence-electron chi connectivity index (χ2n) is 5.75. The molecule has 21 heavy (non-hydrogen) atoms. The van der Waals surface area contributed by atoms with Gasteiger partial charge in [0.05, 0.1) is 17.2 Å². The molecule has 2 N–H and O–H groups in total. The molecule has 0 heterocycles. The number of benzene rings is 1. The van der Waals surface area contributed by atoms with Crippen LogP contribution in [0.5, 0.6) is 0 Å². The van der Waals surface area contributed by atoms with E-state index >= 15 is 0 Å². The topological polar surface area (TPSA) is 86.5 Å². The number of carbonyl (C=O) groups excluding carboxylic acids is 1. The van der Waals surface area contributed by atoms with E-state index in [9.17, 15) is 17.6 Å². The highest BCUT2D eigenvalue weighted by Crippen LogP contribution is 2.25. The van der Waals surface area contributed by atoms with Gasteiger partial charge in [0.15, 0.2) is 0 Å². The van der Waals surface area contributed by atoms with E-state index in [0.29, 0.717) is 6.42 Å². The van der Waals surface area contributed by atoms with Gasteiger partial charge in [-0.3, -0.25) is 0 Å². The molecule has 8 heteroatoms. The van der Waals surface area contributed by atoms with E-state index in [4.69, 9.17) is 21.5 Å². The van der Waals surface area contributed by atoms with E-state index in [2.05, 4.69) is 0 Å². The molecule has 0 unspecified atom stereocenters. The van der Waals surface area contributed by atoms with Gasteiger partial charge >= 0.3 is 5.97 Å². The Morgan fingerprint density at radius 2 is 1.95 bits per heavy atom. The zero-order valence-electron chi connectivity index (χ0n) is 11.9. The summed E-state index contributed by atoms with van der Waals surface area (Å²) in [6.45, 7) is 6.07. The van der Waals surface area contributed by atoms with Crippen molar-refractivity contribution in [3.05, 3.63) is 28.5 Å². The van der Waals surface area contributed by atoms with Crippen LogP contribution in [-0.2, 0) is 14.8 Å². The summed E-state index contributed by atoms with van der Waals surface area (Å²) in [5.74, 6) is -1.94. The van der Waals surface area contributed by atoms with Crippen molar-refractivity contribution in [1.29, 1.82) is 0 Å². The maximum Gasteiger partial charge on any atom is 0.339 e. The highest BCUT2D eigenvalue weighted by atomic mass is 35.5. The fourth-order valence-corrected chi connectivity index (χ4v) is 2.27. The lowest BCUT2D eigenvalue weighted by molar-refractivity contribution is 0.0464. The molecule has 1 rings (SSSR count). The molecule has 0 spiro atoms. The van der Waals surface area contributed by atoms with Crippen molar-refractivity contribution >= 4 is 27.6 Å². The number of esters is 1. The number of halogens is 2. The average Bonchev–Trinajstić information content (AvgIpc) is 2.24. The molecular formula is C13H17ClFNO4S. The molecule has 0 amide bonds. The Morgan fingerprint density at radius 3 is 2.43 bits per heavy atom. The van der Waals surface area contributed by atoms with E-state index in [1.807, 2.05) is 20.8 Å². The van der Waals surface area contributed by atoms with Gasteiger partial charge in [-0.2, -0.15) is 0 Å². The lowest BCUT2D eigenvalue weighted by Gasteiger charge is -2.17. The van der Waals surface area contributed by atoms with Gasteiger partial charge in [0, 0.05) is 0 Å². The summed E-state index contributed by atoms with van der Waals surface area (Å²) in [4.78, 5) is 11.1. The summed E-state index contributed by atoms with van der Waals surface area (Å²) in [7, 11) is -4.29. The van der Waals surface area contributed by atoms with Crippen LogP contribution in [0.1, 0.15) is 37.6 Å². The van der Waals surface area contributed by atoms with Crippen molar-refractivity contribution in [3.63, 3.8) is 0 Å². The third kappa shape index (κ3) is 5.26. The Labute approximate surface area is 128 Å². The molecule has 118 valence electrons. The van der Waals surface area contributed by atoms with Gasteiger partial charge < -0.3 is 4.74 Å². The second kappa shape index (κ2) is 6.29. The third-order valence-electron chi connectivity index (χ3n) is 2.63. The van der Waals surface area contributed by atoms with Crippen LogP contribution in [0, 0.1) is 11.2 Å². The molecule has 0 fully saturated rings. The molecule has 0 aliphatic carbocycles. The van der Waals surface area contributed by atoms with E-state index in [1.54, 1.807) is 0 Å². The van der Waals surface area contributed by atoms with Crippen LogP contribution in [0.2, 0.25) is 5.02 Å². The molecule has 5 nitrogen and oxygen atoms in total. The van der Waals surface area contributed by atoms with Crippen LogP contribution in [-0.4, -0.2) is 21.0 Å². The molecule has 0 atom stereocenters. The monoisotopic (exact) mass is 337 g/mol. The van der Waals surface area contributed by atoms with Crippen LogP contribution in [0.15, 0.2) is 17.0 Å². The fourth-order valence-electron chi connectivity index (χ4n) is 1.43. The molecule has 0 bridgehead atoms. The van der Waals surface area contributed by atoms with Crippen molar-refractivity contribution in [3.8, 4) is 0 Å². The van der Waals surface area contributed by atoms with Gasteiger partial charge in [0.2, 0.25) is 10.0 Å². The largest absolute Gasteiger partial charge is 0.462 e. The number of carbonyl (C=O) groups is 1. The fraction of sp³-hybridized carbons (Fsp3) is 0.462. The van der Waals surface area contributed by atoms with Crippen LogP contribution in [0.3, 0.4) is 0 Å².